The zero-order valence-electron chi connectivity index (χ0n) is 16.4. The lowest BCUT2D eigenvalue weighted by Gasteiger charge is -2.11. The van der Waals surface area contributed by atoms with Gasteiger partial charge in [-0.3, -0.25) is 4.98 Å². The maximum Gasteiger partial charge on any atom is 0.105 e. The molecule has 0 amide bonds. The van der Waals surface area contributed by atoms with Gasteiger partial charge in [-0.15, -0.1) is 0 Å². The van der Waals surface area contributed by atoms with Gasteiger partial charge in [0.1, 0.15) is 5.83 Å². The number of hydrogen-bond donors (Lipinski definition) is 0. The van der Waals surface area contributed by atoms with Crippen LogP contribution in [0, 0.1) is 0 Å². The van der Waals surface area contributed by atoms with Crippen molar-refractivity contribution >= 4 is 27.8 Å². The molecule has 0 spiro atoms. The van der Waals surface area contributed by atoms with Gasteiger partial charge in [0.25, 0.3) is 0 Å². The summed E-state index contributed by atoms with van der Waals surface area (Å²) in [5.41, 5.74) is 4.85. The monoisotopic (exact) mass is 389 g/mol. The van der Waals surface area contributed by atoms with Crippen molar-refractivity contribution in [2.24, 2.45) is 0 Å². The molecule has 0 aliphatic rings. The maximum absolute atomic E-state index is 14.7. The quantitative estimate of drug-likeness (QED) is 0.308. The summed E-state index contributed by atoms with van der Waals surface area (Å²) in [6, 6.07) is 32.5. The molecule has 0 N–H and O–H groups in total. The average molecular weight is 389 g/mol. The largest absolute Gasteiger partial charge is 0.256 e. The average Bonchev–Trinajstić information content (AvgIpc) is 2.79. The topological polar surface area (TPSA) is 12.9 Å². The molecule has 1 aromatic heterocycles. The Balaban J connectivity index is 1.57. The molecule has 144 valence electrons. The highest BCUT2D eigenvalue weighted by Crippen LogP contribution is 2.32. The third-order valence-electron chi connectivity index (χ3n) is 5.40. The van der Waals surface area contributed by atoms with Gasteiger partial charge < -0.3 is 0 Å². The van der Waals surface area contributed by atoms with Gasteiger partial charge in [-0.2, -0.15) is 0 Å². The van der Waals surface area contributed by atoms with Crippen molar-refractivity contribution in [2.75, 3.05) is 0 Å². The van der Waals surface area contributed by atoms with E-state index in [2.05, 4.69) is 53.5 Å². The predicted molar refractivity (Wildman–Crippen MR) is 124 cm³/mol. The van der Waals surface area contributed by atoms with E-state index in [0.717, 1.165) is 33.2 Å². The van der Waals surface area contributed by atoms with Crippen LogP contribution in [0.3, 0.4) is 0 Å². The molecule has 2 heteroatoms. The number of fused-ring (bicyclic) bond motifs is 2. The van der Waals surface area contributed by atoms with Crippen molar-refractivity contribution in [1.29, 1.82) is 0 Å². The van der Waals surface area contributed by atoms with E-state index in [1.807, 2.05) is 48.5 Å². The van der Waals surface area contributed by atoms with E-state index in [1.54, 1.807) is 12.3 Å². The molecule has 0 bridgehead atoms. The molecule has 0 saturated heterocycles. The van der Waals surface area contributed by atoms with Crippen LogP contribution in [0.25, 0.3) is 38.9 Å². The highest BCUT2D eigenvalue weighted by molar-refractivity contribution is 5.98. The Kier molecular flexibility index (Phi) is 4.82. The molecule has 1 nitrogen and oxygen atoms in total. The van der Waals surface area contributed by atoms with Gasteiger partial charge in [0.2, 0.25) is 0 Å². The molecule has 4 aromatic carbocycles. The molecule has 0 saturated carbocycles. The van der Waals surface area contributed by atoms with Crippen LogP contribution < -0.4 is 0 Å². The van der Waals surface area contributed by atoms with Gasteiger partial charge in [0.15, 0.2) is 0 Å². The highest BCUT2D eigenvalue weighted by Gasteiger charge is 2.11. The van der Waals surface area contributed by atoms with E-state index in [9.17, 15) is 4.39 Å². The summed E-state index contributed by atoms with van der Waals surface area (Å²) < 4.78 is 14.7. The zero-order valence-corrected chi connectivity index (χ0v) is 16.4. The number of allylic oxidation sites excluding steroid dienone is 1. The molecule has 30 heavy (non-hydrogen) atoms. The van der Waals surface area contributed by atoms with Gasteiger partial charge in [0, 0.05) is 18.0 Å². The van der Waals surface area contributed by atoms with Crippen LogP contribution in [0.5, 0.6) is 0 Å². The number of hydrogen-bond acceptors (Lipinski definition) is 1. The van der Waals surface area contributed by atoms with Crippen molar-refractivity contribution in [3.8, 4) is 11.1 Å². The van der Waals surface area contributed by atoms with Crippen molar-refractivity contribution < 1.29 is 4.39 Å². The van der Waals surface area contributed by atoms with Gasteiger partial charge >= 0.3 is 0 Å². The summed E-state index contributed by atoms with van der Waals surface area (Å²) in [4.78, 5) is 4.60. The van der Waals surface area contributed by atoms with Gasteiger partial charge in [-0.1, -0.05) is 84.9 Å². The minimum Gasteiger partial charge on any atom is -0.256 e. The molecular formula is C28H20FN. The van der Waals surface area contributed by atoms with E-state index < -0.39 is 0 Å². The summed E-state index contributed by atoms with van der Waals surface area (Å²) >= 11 is 0. The molecule has 0 unspecified atom stereocenters. The molecule has 5 rings (SSSR count). The van der Waals surface area contributed by atoms with E-state index >= 15 is 0 Å². The van der Waals surface area contributed by atoms with Crippen molar-refractivity contribution in [1.82, 2.24) is 4.98 Å². The van der Waals surface area contributed by atoms with Crippen LogP contribution in [0.15, 0.2) is 109 Å². The fourth-order valence-corrected chi connectivity index (χ4v) is 3.95. The Morgan fingerprint density at radius 3 is 2.43 bits per heavy atom. The first-order chi connectivity index (χ1) is 14.8. The standard InChI is InChI=1S/C28H20FN/c29-25(17-20-7-2-1-3-8-20)19-24-14-15-26(27-11-6-16-30-28(24)27)23-13-12-21-9-4-5-10-22(21)18-23/h1-18H,19H2/b25-17-. The molecule has 0 radical (unpaired) electrons. The fraction of sp³-hybridized carbons (Fsp3) is 0.0357. The van der Waals surface area contributed by atoms with Crippen molar-refractivity contribution in [3.05, 3.63) is 120 Å². The summed E-state index contributed by atoms with van der Waals surface area (Å²) in [6.45, 7) is 0. The highest BCUT2D eigenvalue weighted by atomic mass is 19.1. The SMILES string of the molecule is F/C(=C\c1ccccc1)Cc1ccc(-c2ccc3ccccc3c2)c2cccnc12. The number of nitrogens with zero attached hydrogens (tertiary/aromatic N) is 1. The van der Waals surface area contributed by atoms with E-state index in [0.29, 0.717) is 0 Å². The Labute approximate surface area is 175 Å². The number of rotatable bonds is 4. The summed E-state index contributed by atoms with van der Waals surface area (Å²) in [7, 11) is 0. The first kappa shape index (κ1) is 18.3. The predicted octanol–water partition coefficient (Wildman–Crippen LogP) is 7.61. The zero-order chi connectivity index (χ0) is 20.3. The van der Waals surface area contributed by atoms with Gasteiger partial charge in [0.05, 0.1) is 5.52 Å². The second-order valence-electron chi connectivity index (χ2n) is 7.41. The van der Waals surface area contributed by atoms with Crippen molar-refractivity contribution in [3.63, 3.8) is 0 Å². The van der Waals surface area contributed by atoms with E-state index in [-0.39, 0.29) is 12.2 Å². The first-order valence-electron chi connectivity index (χ1n) is 10.0. The molecular weight excluding hydrogens is 369 g/mol. The molecule has 1 heterocycles. The number of pyridine rings is 1. The lowest BCUT2D eigenvalue weighted by Crippen LogP contribution is -1.93. The third-order valence-corrected chi connectivity index (χ3v) is 5.40. The van der Waals surface area contributed by atoms with Crippen molar-refractivity contribution in [2.45, 2.75) is 6.42 Å². The first-order valence-corrected chi connectivity index (χ1v) is 10.0. The number of halogens is 1. The van der Waals surface area contributed by atoms with Gasteiger partial charge in [-0.05, 0) is 51.2 Å². The lowest BCUT2D eigenvalue weighted by atomic mass is 9.95. The van der Waals surface area contributed by atoms with Crippen LogP contribution in [-0.4, -0.2) is 4.98 Å². The molecule has 0 aliphatic carbocycles. The van der Waals surface area contributed by atoms with Crippen LogP contribution in [0.1, 0.15) is 11.1 Å². The van der Waals surface area contributed by atoms with Crippen LogP contribution in [-0.2, 0) is 6.42 Å². The second-order valence-corrected chi connectivity index (χ2v) is 7.41. The third kappa shape index (κ3) is 3.60. The normalized spacial score (nSPS) is 11.8. The summed E-state index contributed by atoms with van der Waals surface area (Å²) in [5, 5.41) is 3.46. The molecule has 5 aromatic rings. The molecule has 0 aliphatic heterocycles. The minimum atomic E-state index is -0.174. The van der Waals surface area contributed by atoms with Crippen LogP contribution in [0.4, 0.5) is 4.39 Å². The van der Waals surface area contributed by atoms with Gasteiger partial charge in [-0.25, -0.2) is 4.39 Å². The van der Waals surface area contributed by atoms with E-state index in [1.165, 1.54) is 10.8 Å². The fourth-order valence-electron chi connectivity index (χ4n) is 3.95. The second kappa shape index (κ2) is 7.92. The summed E-state index contributed by atoms with van der Waals surface area (Å²) in [5.74, 6) is -0.174. The summed E-state index contributed by atoms with van der Waals surface area (Å²) in [6.07, 6.45) is 3.58. The Bertz CT molecular complexity index is 1370. The van der Waals surface area contributed by atoms with Crippen LogP contribution in [0.2, 0.25) is 0 Å². The van der Waals surface area contributed by atoms with E-state index in [4.69, 9.17) is 0 Å². The Hall–Kier alpha value is -3.78. The minimum absolute atomic E-state index is 0.174. The smallest absolute Gasteiger partial charge is 0.105 e. The molecule has 0 fully saturated rings. The Morgan fingerprint density at radius 2 is 1.57 bits per heavy atom. The number of aromatic nitrogens is 1. The lowest BCUT2D eigenvalue weighted by molar-refractivity contribution is 0.621. The maximum atomic E-state index is 14.7. The molecule has 0 atom stereocenters. The Morgan fingerprint density at radius 1 is 0.767 bits per heavy atom. The van der Waals surface area contributed by atoms with Crippen LogP contribution >= 0.6 is 0 Å². The number of benzene rings is 4.